The van der Waals surface area contributed by atoms with Gasteiger partial charge in [0.05, 0.1) is 0 Å². The maximum Gasteiger partial charge on any atom is 0.0351 e. The third-order valence-corrected chi connectivity index (χ3v) is 3.20. The van der Waals surface area contributed by atoms with Crippen molar-refractivity contribution in [2.75, 3.05) is 13.1 Å². The summed E-state index contributed by atoms with van der Waals surface area (Å²) < 4.78 is 0. The van der Waals surface area contributed by atoms with Crippen LogP contribution in [0.5, 0.6) is 0 Å². The van der Waals surface area contributed by atoms with Crippen molar-refractivity contribution in [1.82, 2.24) is 10.2 Å². The van der Waals surface area contributed by atoms with Crippen LogP contribution >= 0.6 is 12.4 Å². The first-order chi connectivity index (χ1) is 5.29. The zero-order valence-corrected chi connectivity index (χ0v) is 8.73. The Labute approximate surface area is 81.1 Å². The summed E-state index contributed by atoms with van der Waals surface area (Å²) in [5.74, 6) is 0. The average Bonchev–Trinajstić information content (AvgIpc) is 2.15. The van der Waals surface area contributed by atoms with Gasteiger partial charge in [-0.3, -0.25) is 4.90 Å². The summed E-state index contributed by atoms with van der Waals surface area (Å²) >= 11 is 0. The highest BCUT2D eigenvalue weighted by Crippen LogP contribution is 2.26. The molecule has 12 heavy (non-hydrogen) atoms. The van der Waals surface area contributed by atoms with Crippen LogP contribution in [0.25, 0.3) is 0 Å². The van der Waals surface area contributed by atoms with E-state index in [-0.39, 0.29) is 12.4 Å². The third kappa shape index (κ3) is 1.61. The average molecular weight is 191 g/mol. The van der Waals surface area contributed by atoms with Gasteiger partial charge >= 0.3 is 0 Å². The number of nitrogens with one attached hydrogen (secondary N) is 1. The Hall–Kier alpha value is 0.210. The lowest BCUT2D eigenvalue weighted by Crippen LogP contribution is -2.59. The van der Waals surface area contributed by atoms with E-state index in [1.54, 1.807) is 0 Å². The topological polar surface area (TPSA) is 15.3 Å². The highest BCUT2D eigenvalue weighted by Gasteiger charge is 2.35. The number of nitrogens with zero attached hydrogens (tertiary/aromatic N) is 1. The molecule has 0 spiro atoms. The van der Waals surface area contributed by atoms with Gasteiger partial charge in [0, 0.05) is 31.2 Å². The molecule has 3 heteroatoms. The van der Waals surface area contributed by atoms with Crippen LogP contribution in [0, 0.1) is 0 Å². The molecule has 1 N–H and O–H groups in total. The Bertz CT molecular complexity index is 137. The third-order valence-electron chi connectivity index (χ3n) is 3.20. The smallest absolute Gasteiger partial charge is 0.0351 e. The number of hydrogen-bond donors (Lipinski definition) is 1. The Morgan fingerprint density at radius 1 is 1.08 bits per heavy atom. The SMILES string of the molecule is CC1CCC(C)N1C1CNC1.Cl. The van der Waals surface area contributed by atoms with Gasteiger partial charge in [0.15, 0.2) is 0 Å². The Balaban J connectivity index is 0.000000720. The number of likely N-dealkylation sites (tertiary alicyclic amines) is 1. The molecule has 2 saturated heterocycles. The molecule has 0 aliphatic carbocycles. The fourth-order valence-corrected chi connectivity index (χ4v) is 2.42. The Morgan fingerprint density at radius 3 is 1.92 bits per heavy atom. The zero-order valence-electron chi connectivity index (χ0n) is 7.92. The first-order valence-corrected chi connectivity index (χ1v) is 4.77. The van der Waals surface area contributed by atoms with Gasteiger partial charge < -0.3 is 5.32 Å². The second-order valence-corrected chi connectivity index (χ2v) is 4.03. The van der Waals surface area contributed by atoms with Gasteiger partial charge in [-0.2, -0.15) is 0 Å². The number of hydrogen-bond acceptors (Lipinski definition) is 2. The fourth-order valence-electron chi connectivity index (χ4n) is 2.42. The van der Waals surface area contributed by atoms with Crippen LogP contribution in [-0.2, 0) is 0 Å². The molecule has 0 aromatic heterocycles. The van der Waals surface area contributed by atoms with Gasteiger partial charge in [0.1, 0.15) is 0 Å². The van der Waals surface area contributed by atoms with E-state index in [1.165, 1.54) is 25.9 Å². The minimum Gasteiger partial charge on any atom is -0.314 e. The summed E-state index contributed by atoms with van der Waals surface area (Å²) in [4.78, 5) is 2.69. The molecule has 2 atom stereocenters. The summed E-state index contributed by atoms with van der Waals surface area (Å²) in [5.41, 5.74) is 0. The molecule has 2 fully saturated rings. The molecule has 2 heterocycles. The largest absolute Gasteiger partial charge is 0.314 e. The van der Waals surface area contributed by atoms with E-state index in [4.69, 9.17) is 0 Å². The molecule has 2 nitrogen and oxygen atoms in total. The molecule has 0 aromatic carbocycles. The number of rotatable bonds is 1. The monoisotopic (exact) mass is 190 g/mol. The van der Waals surface area contributed by atoms with E-state index in [1.807, 2.05) is 0 Å². The van der Waals surface area contributed by atoms with Gasteiger partial charge in [-0.1, -0.05) is 0 Å². The Morgan fingerprint density at radius 2 is 1.58 bits per heavy atom. The standard InChI is InChI=1S/C9H18N2.ClH/c1-7-3-4-8(2)11(7)9-5-10-6-9;/h7-10H,3-6H2,1-2H3;1H. The van der Waals surface area contributed by atoms with Crippen LogP contribution in [0.2, 0.25) is 0 Å². The highest BCUT2D eigenvalue weighted by atomic mass is 35.5. The summed E-state index contributed by atoms with van der Waals surface area (Å²) in [6, 6.07) is 2.51. The summed E-state index contributed by atoms with van der Waals surface area (Å²) in [6.45, 7) is 7.16. The summed E-state index contributed by atoms with van der Waals surface area (Å²) in [6.07, 6.45) is 2.80. The van der Waals surface area contributed by atoms with E-state index in [0.717, 1.165) is 18.1 Å². The van der Waals surface area contributed by atoms with Crippen molar-refractivity contribution in [3.8, 4) is 0 Å². The second kappa shape index (κ2) is 3.95. The van der Waals surface area contributed by atoms with Crippen LogP contribution < -0.4 is 5.32 Å². The van der Waals surface area contributed by atoms with Crippen molar-refractivity contribution in [3.63, 3.8) is 0 Å². The first kappa shape index (κ1) is 10.3. The molecular formula is C9H19ClN2. The maximum absolute atomic E-state index is 3.34. The second-order valence-electron chi connectivity index (χ2n) is 4.03. The van der Waals surface area contributed by atoms with Crippen LogP contribution in [-0.4, -0.2) is 36.1 Å². The van der Waals surface area contributed by atoms with Crippen molar-refractivity contribution in [3.05, 3.63) is 0 Å². The molecule has 2 aliphatic heterocycles. The van der Waals surface area contributed by atoms with Gasteiger partial charge in [0.2, 0.25) is 0 Å². The first-order valence-electron chi connectivity index (χ1n) is 4.77. The lowest BCUT2D eigenvalue weighted by Gasteiger charge is -2.40. The van der Waals surface area contributed by atoms with Crippen molar-refractivity contribution in [2.24, 2.45) is 0 Å². The molecule has 72 valence electrons. The minimum absolute atomic E-state index is 0. The van der Waals surface area contributed by atoms with Crippen molar-refractivity contribution < 1.29 is 0 Å². The molecule has 0 bridgehead atoms. The van der Waals surface area contributed by atoms with Crippen LogP contribution in [0.4, 0.5) is 0 Å². The highest BCUT2D eigenvalue weighted by molar-refractivity contribution is 5.85. The molecule has 0 amide bonds. The van der Waals surface area contributed by atoms with Crippen molar-refractivity contribution >= 4 is 12.4 Å². The van der Waals surface area contributed by atoms with E-state index in [2.05, 4.69) is 24.1 Å². The fraction of sp³-hybridized carbons (Fsp3) is 1.00. The van der Waals surface area contributed by atoms with E-state index >= 15 is 0 Å². The molecule has 0 radical (unpaired) electrons. The summed E-state index contributed by atoms with van der Waals surface area (Å²) in [7, 11) is 0. The minimum atomic E-state index is 0. The maximum atomic E-state index is 3.34. The normalized spacial score (nSPS) is 37.5. The molecule has 0 aromatic rings. The molecule has 2 unspecified atom stereocenters. The van der Waals surface area contributed by atoms with E-state index < -0.39 is 0 Å². The van der Waals surface area contributed by atoms with Crippen LogP contribution in [0.3, 0.4) is 0 Å². The summed E-state index contributed by atoms with van der Waals surface area (Å²) in [5, 5.41) is 3.34. The van der Waals surface area contributed by atoms with Gasteiger partial charge in [-0.15, -0.1) is 12.4 Å². The Kier molecular flexibility index (Phi) is 3.38. The van der Waals surface area contributed by atoms with Crippen LogP contribution in [0.1, 0.15) is 26.7 Å². The van der Waals surface area contributed by atoms with Crippen molar-refractivity contribution in [1.29, 1.82) is 0 Å². The number of halogens is 1. The molecule has 0 saturated carbocycles. The molecule has 2 aliphatic rings. The lowest BCUT2D eigenvalue weighted by atomic mass is 10.1. The van der Waals surface area contributed by atoms with Gasteiger partial charge in [0.25, 0.3) is 0 Å². The zero-order chi connectivity index (χ0) is 7.84. The van der Waals surface area contributed by atoms with Crippen molar-refractivity contribution in [2.45, 2.75) is 44.8 Å². The lowest BCUT2D eigenvalue weighted by molar-refractivity contribution is 0.104. The predicted octanol–water partition coefficient (Wildman–Crippen LogP) is 1.25. The van der Waals surface area contributed by atoms with Gasteiger partial charge in [-0.05, 0) is 26.7 Å². The molecule has 2 rings (SSSR count). The van der Waals surface area contributed by atoms with Crippen LogP contribution in [0.15, 0.2) is 0 Å². The van der Waals surface area contributed by atoms with Gasteiger partial charge in [-0.25, -0.2) is 0 Å². The van der Waals surface area contributed by atoms with E-state index in [9.17, 15) is 0 Å². The quantitative estimate of drug-likeness (QED) is 0.670. The molecular weight excluding hydrogens is 172 g/mol. The predicted molar refractivity (Wildman–Crippen MR) is 53.9 cm³/mol. The van der Waals surface area contributed by atoms with E-state index in [0.29, 0.717) is 0 Å².